The molecular weight excluding hydrogens is 388 g/mol. The van der Waals surface area contributed by atoms with Gasteiger partial charge in [0.2, 0.25) is 11.8 Å². The lowest BCUT2D eigenvalue weighted by Crippen LogP contribution is -2.36. The molecule has 2 aromatic rings. The predicted molar refractivity (Wildman–Crippen MR) is 115 cm³/mol. The van der Waals surface area contributed by atoms with Crippen molar-refractivity contribution in [2.75, 3.05) is 53.7 Å². The minimum Gasteiger partial charge on any atom is -0.378 e. The second-order valence-corrected chi connectivity index (χ2v) is 8.05. The molecule has 3 heterocycles. The van der Waals surface area contributed by atoms with Crippen molar-refractivity contribution in [3.63, 3.8) is 0 Å². The number of hydrogen-bond acceptors (Lipinski definition) is 6. The van der Waals surface area contributed by atoms with E-state index in [2.05, 4.69) is 15.2 Å². The number of carbonyl (C=O) groups excluding carboxylic acids is 2. The van der Waals surface area contributed by atoms with Crippen molar-refractivity contribution in [2.24, 2.45) is 0 Å². The number of morpholine rings is 1. The Balaban J connectivity index is 1.28. The van der Waals surface area contributed by atoms with Gasteiger partial charge in [0.25, 0.3) is 0 Å². The van der Waals surface area contributed by atoms with Gasteiger partial charge in [-0.2, -0.15) is 0 Å². The molecule has 8 heteroatoms. The Kier molecular flexibility index (Phi) is 6.31. The Morgan fingerprint density at radius 1 is 1.07 bits per heavy atom. The number of nitrogens with one attached hydrogen (secondary N) is 1. The van der Waals surface area contributed by atoms with Gasteiger partial charge in [0.05, 0.1) is 30.8 Å². The Morgan fingerprint density at radius 3 is 2.69 bits per heavy atom. The molecular formula is C21H24N4O3S. The number of nitrogens with zero attached hydrogens (tertiary/aromatic N) is 3. The Bertz CT molecular complexity index is 868. The van der Waals surface area contributed by atoms with Gasteiger partial charge >= 0.3 is 0 Å². The van der Waals surface area contributed by atoms with Crippen LogP contribution in [0.5, 0.6) is 0 Å². The number of hydrogen-bond donors (Lipinski definition) is 1. The highest BCUT2D eigenvalue weighted by atomic mass is 32.2. The SMILES string of the molecule is O=C(CCC(=O)N1CCSc2ccccc21)Nc1ccc(N2CCOCC2)nc1. The van der Waals surface area contributed by atoms with E-state index in [1.807, 2.05) is 36.4 Å². The molecule has 1 aromatic heterocycles. The summed E-state index contributed by atoms with van der Waals surface area (Å²) in [6.07, 6.45) is 1.99. The van der Waals surface area contributed by atoms with Gasteiger partial charge < -0.3 is 19.9 Å². The monoisotopic (exact) mass is 412 g/mol. The summed E-state index contributed by atoms with van der Waals surface area (Å²) in [6, 6.07) is 11.6. The summed E-state index contributed by atoms with van der Waals surface area (Å²) in [7, 11) is 0. The summed E-state index contributed by atoms with van der Waals surface area (Å²) in [6.45, 7) is 3.72. The molecule has 2 amide bonds. The van der Waals surface area contributed by atoms with E-state index in [9.17, 15) is 9.59 Å². The summed E-state index contributed by atoms with van der Waals surface area (Å²) in [5.41, 5.74) is 1.58. The van der Waals surface area contributed by atoms with Crippen LogP contribution >= 0.6 is 11.8 Å². The van der Waals surface area contributed by atoms with E-state index < -0.39 is 0 Å². The van der Waals surface area contributed by atoms with Crippen LogP contribution in [0.1, 0.15) is 12.8 Å². The maximum absolute atomic E-state index is 12.6. The predicted octanol–water partition coefficient (Wildman–Crippen LogP) is 2.78. The summed E-state index contributed by atoms with van der Waals surface area (Å²) in [4.78, 5) is 34.4. The van der Waals surface area contributed by atoms with E-state index >= 15 is 0 Å². The van der Waals surface area contributed by atoms with E-state index in [-0.39, 0.29) is 24.7 Å². The molecule has 2 aliphatic rings. The lowest BCUT2D eigenvalue weighted by atomic mass is 10.2. The van der Waals surface area contributed by atoms with Gasteiger partial charge in [-0.15, -0.1) is 11.8 Å². The van der Waals surface area contributed by atoms with E-state index in [1.54, 1.807) is 22.9 Å². The molecule has 29 heavy (non-hydrogen) atoms. The molecule has 0 bridgehead atoms. The molecule has 4 rings (SSSR count). The molecule has 0 spiro atoms. The fraction of sp³-hybridized carbons (Fsp3) is 0.381. The first kappa shape index (κ1) is 19.7. The molecule has 2 aliphatic heterocycles. The van der Waals surface area contributed by atoms with Crippen molar-refractivity contribution in [1.29, 1.82) is 0 Å². The fourth-order valence-electron chi connectivity index (χ4n) is 3.45. The van der Waals surface area contributed by atoms with Crippen molar-refractivity contribution in [2.45, 2.75) is 17.7 Å². The van der Waals surface area contributed by atoms with Crippen LogP contribution in [0.15, 0.2) is 47.5 Å². The van der Waals surface area contributed by atoms with Crippen molar-refractivity contribution < 1.29 is 14.3 Å². The van der Waals surface area contributed by atoms with Crippen molar-refractivity contribution in [3.8, 4) is 0 Å². The smallest absolute Gasteiger partial charge is 0.227 e. The van der Waals surface area contributed by atoms with Crippen LogP contribution in [0, 0.1) is 0 Å². The highest BCUT2D eigenvalue weighted by molar-refractivity contribution is 7.99. The highest BCUT2D eigenvalue weighted by Crippen LogP contribution is 2.34. The lowest BCUT2D eigenvalue weighted by Gasteiger charge is -2.29. The second kappa shape index (κ2) is 9.28. The van der Waals surface area contributed by atoms with Gasteiger partial charge in [-0.1, -0.05) is 12.1 Å². The van der Waals surface area contributed by atoms with Crippen LogP contribution in [-0.2, 0) is 14.3 Å². The zero-order valence-electron chi connectivity index (χ0n) is 16.2. The van der Waals surface area contributed by atoms with Crippen LogP contribution in [0.25, 0.3) is 0 Å². The number of thioether (sulfide) groups is 1. The standard InChI is InChI=1S/C21H24N4O3S/c26-20(23-16-5-6-19(22-15-16)24-9-12-28-13-10-24)7-8-21(27)25-11-14-29-18-4-2-1-3-17(18)25/h1-6,15H,7-14H2,(H,23,26). The molecule has 1 saturated heterocycles. The number of aromatic nitrogens is 1. The topological polar surface area (TPSA) is 74.8 Å². The van der Waals surface area contributed by atoms with Gasteiger partial charge in [-0.05, 0) is 24.3 Å². The Hall–Kier alpha value is -2.58. The number of ether oxygens (including phenoxy) is 1. The van der Waals surface area contributed by atoms with Crippen molar-refractivity contribution in [3.05, 3.63) is 42.6 Å². The first-order valence-corrected chi connectivity index (χ1v) is 10.8. The van der Waals surface area contributed by atoms with Crippen molar-refractivity contribution >= 4 is 40.8 Å². The maximum atomic E-state index is 12.6. The molecule has 0 radical (unpaired) electrons. The van der Waals surface area contributed by atoms with Crippen LogP contribution < -0.4 is 15.1 Å². The lowest BCUT2D eigenvalue weighted by molar-refractivity contribution is -0.122. The van der Waals surface area contributed by atoms with Crippen LogP contribution in [0.2, 0.25) is 0 Å². The van der Waals surface area contributed by atoms with E-state index in [0.717, 1.165) is 35.2 Å². The van der Waals surface area contributed by atoms with Gasteiger partial charge in [0.15, 0.2) is 0 Å². The third kappa shape index (κ3) is 4.89. The fourth-order valence-corrected chi connectivity index (χ4v) is 4.44. The minimum atomic E-state index is -0.182. The second-order valence-electron chi connectivity index (χ2n) is 6.91. The number of carbonyl (C=O) groups is 2. The zero-order valence-corrected chi connectivity index (χ0v) is 17.0. The normalized spacial score (nSPS) is 16.3. The molecule has 7 nitrogen and oxygen atoms in total. The van der Waals surface area contributed by atoms with Gasteiger partial charge in [-0.3, -0.25) is 9.59 Å². The molecule has 1 aromatic carbocycles. The molecule has 0 saturated carbocycles. The number of benzene rings is 1. The average molecular weight is 413 g/mol. The molecule has 0 aliphatic carbocycles. The van der Waals surface area contributed by atoms with Crippen LogP contribution in [-0.4, -0.2) is 55.4 Å². The Labute approximate surface area is 174 Å². The summed E-state index contributed by atoms with van der Waals surface area (Å²) >= 11 is 1.76. The first-order valence-electron chi connectivity index (χ1n) is 9.81. The van der Waals surface area contributed by atoms with Gasteiger partial charge in [0, 0.05) is 43.1 Å². The number of anilines is 3. The van der Waals surface area contributed by atoms with E-state index in [1.165, 1.54) is 0 Å². The van der Waals surface area contributed by atoms with Gasteiger partial charge in [-0.25, -0.2) is 4.98 Å². The first-order chi connectivity index (χ1) is 14.2. The van der Waals surface area contributed by atoms with Crippen molar-refractivity contribution in [1.82, 2.24) is 4.98 Å². The van der Waals surface area contributed by atoms with Gasteiger partial charge in [0.1, 0.15) is 5.82 Å². The Morgan fingerprint density at radius 2 is 1.90 bits per heavy atom. The number of pyridine rings is 1. The third-order valence-electron chi connectivity index (χ3n) is 4.96. The number of amides is 2. The average Bonchev–Trinajstić information content (AvgIpc) is 2.78. The number of para-hydroxylation sites is 1. The molecule has 1 fully saturated rings. The van der Waals surface area contributed by atoms with E-state index in [4.69, 9.17) is 4.74 Å². The largest absolute Gasteiger partial charge is 0.378 e. The van der Waals surface area contributed by atoms with Crippen LogP contribution in [0.4, 0.5) is 17.2 Å². The quantitative estimate of drug-likeness (QED) is 0.814. The number of fused-ring (bicyclic) bond motifs is 1. The summed E-state index contributed by atoms with van der Waals surface area (Å²) in [5.74, 6) is 1.55. The third-order valence-corrected chi connectivity index (χ3v) is 6.01. The molecule has 1 N–H and O–H groups in total. The highest BCUT2D eigenvalue weighted by Gasteiger charge is 2.23. The minimum absolute atomic E-state index is 0.0197. The maximum Gasteiger partial charge on any atom is 0.227 e. The molecule has 152 valence electrons. The molecule has 0 atom stereocenters. The summed E-state index contributed by atoms with van der Waals surface area (Å²) in [5, 5.41) is 2.83. The number of rotatable bonds is 5. The summed E-state index contributed by atoms with van der Waals surface area (Å²) < 4.78 is 5.35. The zero-order chi connectivity index (χ0) is 20.1. The van der Waals surface area contributed by atoms with Crippen LogP contribution in [0.3, 0.4) is 0 Å². The molecule has 0 unspecified atom stereocenters. The van der Waals surface area contributed by atoms with E-state index in [0.29, 0.717) is 25.4 Å².